The SMILES string of the molecule is Nc1ccc2c(F)cc(CP)cc2n1. The molecule has 1 unspecified atom stereocenters. The van der Waals surface area contributed by atoms with Crippen LogP contribution in [0.5, 0.6) is 0 Å². The van der Waals surface area contributed by atoms with Crippen molar-refractivity contribution in [2.45, 2.75) is 6.16 Å². The minimum Gasteiger partial charge on any atom is -0.384 e. The van der Waals surface area contributed by atoms with Gasteiger partial charge in [0.1, 0.15) is 11.6 Å². The summed E-state index contributed by atoms with van der Waals surface area (Å²) in [5.74, 6) is 0.172. The van der Waals surface area contributed by atoms with E-state index in [0.29, 0.717) is 22.9 Å². The average molecular weight is 208 g/mol. The molecule has 72 valence electrons. The fourth-order valence-electron chi connectivity index (χ4n) is 1.38. The molecule has 0 aliphatic carbocycles. The van der Waals surface area contributed by atoms with Crippen LogP contribution in [-0.4, -0.2) is 4.98 Å². The van der Waals surface area contributed by atoms with Crippen LogP contribution in [-0.2, 0) is 6.16 Å². The lowest BCUT2D eigenvalue weighted by molar-refractivity contribution is 0.638. The molecule has 0 saturated heterocycles. The van der Waals surface area contributed by atoms with E-state index in [9.17, 15) is 4.39 Å². The van der Waals surface area contributed by atoms with Crippen molar-refractivity contribution in [3.05, 3.63) is 35.6 Å². The maximum Gasteiger partial charge on any atom is 0.132 e. The molecule has 1 heterocycles. The van der Waals surface area contributed by atoms with Crippen molar-refractivity contribution >= 4 is 26.0 Å². The Morgan fingerprint density at radius 1 is 1.36 bits per heavy atom. The molecule has 1 atom stereocenters. The van der Waals surface area contributed by atoms with Crippen LogP contribution in [0.2, 0.25) is 0 Å². The highest BCUT2D eigenvalue weighted by Crippen LogP contribution is 2.20. The van der Waals surface area contributed by atoms with Crippen molar-refractivity contribution in [1.29, 1.82) is 0 Å². The fourth-order valence-corrected chi connectivity index (χ4v) is 1.61. The van der Waals surface area contributed by atoms with E-state index in [1.165, 1.54) is 6.07 Å². The van der Waals surface area contributed by atoms with Gasteiger partial charge in [0, 0.05) is 5.39 Å². The summed E-state index contributed by atoms with van der Waals surface area (Å²) in [5.41, 5.74) is 7.04. The van der Waals surface area contributed by atoms with E-state index < -0.39 is 0 Å². The number of aromatic nitrogens is 1. The number of benzene rings is 1. The van der Waals surface area contributed by atoms with Gasteiger partial charge in [-0.05, 0) is 36.0 Å². The second-order valence-electron chi connectivity index (χ2n) is 3.08. The number of halogens is 1. The quantitative estimate of drug-likeness (QED) is 0.730. The molecule has 0 aliphatic rings. The monoisotopic (exact) mass is 208 g/mol. The highest BCUT2D eigenvalue weighted by Gasteiger charge is 2.04. The highest BCUT2D eigenvalue weighted by atomic mass is 31.0. The maximum atomic E-state index is 13.5. The molecule has 2 N–H and O–H groups in total. The van der Waals surface area contributed by atoms with E-state index in [0.717, 1.165) is 5.56 Å². The number of pyridine rings is 1. The number of rotatable bonds is 1. The van der Waals surface area contributed by atoms with Crippen LogP contribution in [0.15, 0.2) is 24.3 Å². The van der Waals surface area contributed by atoms with E-state index in [4.69, 9.17) is 5.73 Å². The van der Waals surface area contributed by atoms with E-state index in [1.807, 2.05) is 6.07 Å². The van der Waals surface area contributed by atoms with Gasteiger partial charge >= 0.3 is 0 Å². The van der Waals surface area contributed by atoms with Crippen molar-refractivity contribution in [2.24, 2.45) is 0 Å². The summed E-state index contributed by atoms with van der Waals surface area (Å²) in [7, 11) is 2.55. The summed E-state index contributed by atoms with van der Waals surface area (Å²) in [4.78, 5) is 4.07. The molecule has 0 fully saturated rings. The zero-order valence-electron chi connectivity index (χ0n) is 7.50. The van der Waals surface area contributed by atoms with E-state index in [-0.39, 0.29) is 5.82 Å². The van der Waals surface area contributed by atoms with Crippen LogP contribution < -0.4 is 5.73 Å². The summed E-state index contributed by atoms with van der Waals surface area (Å²) in [5, 5.41) is 0.515. The largest absolute Gasteiger partial charge is 0.384 e. The molecular weight excluding hydrogens is 198 g/mol. The predicted molar refractivity (Wildman–Crippen MR) is 59.5 cm³/mol. The first-order valence-corrected chi connectivity index (χ1v) is 5.07. The lowest BCUT2D eigenvalue weighted by Crippen LogP contribution is -1.92. The third-order valence-corrected chi connectivity index (χ3v) is 2.54. The number of fused-ring (bicyclic) bond motifs is 1. The summed E-state index contributed by atoms with van der Waals surface area (Å²) < 4.78 is 13.5. The first kappa shape index (κ1) is 9.35. The van der Waals surface area contributed by atoms with Crippen LogP contribution in [0.25, 0.3) is 10.9 Å². The first-order chi connectivity index (χ1) is 6.70. The van der Waals surface area contributed by atoms with Crippen LogP contribution in [0.4, 0.5) is 10.2 Å². The molecule has 2 rings (SSSR count). The molecule has 14 heavy (non-hydrogen) atoms. The van der Waals surface area contributed by atoms with Gasteiger partial charge in [-0.15, -0.1) is 9.24 Å². The van der Waals surface area contributed by atoms with Crippen LogP contribution in [0, 0.1) is 5.82 Å². The van der Waals surface area contributed by atoms with Gasteiger partial charge in [-0.1, -0.05) is 0 Å². The van der Waals surface area contributed by atoms with Crippen LogP contribution in [0.3, 0.4) is 0 Å². The lowest BCUT2D eigenvalue weighted by atomic mass is 10.1. The molecule has 0 bridgehead atoms. The standard InChI is InChI=1S/C10H10FN2P/c11-8-3-6(5-14)4-9-7(8)1-2-10(12)13-9/h1-4H,5,14H2,(H2,12,13). The number of anilines is 1. The maximum absolute atomic E-state index is 13.5. The van der Waals surface area contributed by atoms with Gasteiger partial charge in [0.15, 0.2) is 0 Å². The third-order valence-electron chi connectivity index (χ3n) is 2.07. The Morgan fingerprint density at radius 3 is 2.86 bits per heavy atom. The number of nitrogens with two attached hydrogens (primary N) is 1. The van der Waals surface area contributed by atoms with Gasteiger partial charge in [-0.25, -0.2) is 9.37 Å². The molecule has 2 aromatic rings. The predicted octanol–water partition coefficient (Wildman–Crippen LogP) is 2.33. The number of nitrogens with zero attached hydrogens (tertiary/aromatic N) is 1. The number of hydrogen-bond donors (Lipinski definition) is 1. The Hall–Kier alpha value is -1.21. The summed E-state index contributed by atoms with van der Waals surface area (Å²) >= 11 is 0. The third kappa shape index (κ3) is 1.55. The topological polar surface area (TPSA) is 38.9 Å². The Morgan fingerprint density at radius 2 is 2.14 bits per heavy atom. The van der Waals surface area contributed by atoms with E-state index in [1.54, 1.807) is 12.1 Å². The minimum absolute atomic E-state index is 0.243. The highest BCUT2D eigenvalue weighted by molar-refractivity contribution is 7.15. The molecule has 2 nitrogen and oxygen atoms in total. The molecule has 0 radical (unpaired) electrons. The Balaban J connectivity index is 2.77. The van der Waals surface area contributed by atoms with Crippen LogP contribution >= 0.6 is 9.24 Å². The first-order valence-electron chi connectivity index (χ1n) is 4.25. The van der Waals surface area contributed by atoms with Gasteiger partial charge in [0.2, 0.25) is 0 Å². The molecule has 0 saturated carbocycles. The summed E-state index contributed by atoms with van der Waals surface area (Å²) in [6.45, 7) is 0. The molecule has 0 spiro atoms. The summed E-state index contributed by atoms with van der Waals surface area (Å²) in [6.07, 6.45) is 0.712. The minimum atomic E-state index is -0.243. The van der Waals surface area contributed by atoms with Gasteiger partial charge in [-0.3, -0.25) is 0 Å². The molecular formula is C10H10FN2P. The van der Waals surface area contributed by atoms with Gasteiger partial charge < -0.3 is 5.73 Å². The second-order valence-corrected chi connectivity index (χ2v) is 3.49. The summed E-state index contributed by atoms with van der Waals surface area (Å²) in [6, 6.07) is 6.63. The zero-order chi connectivity index (χ0) is 10.1. The van der Waals surface area contributed by atoms with Gasteiger partial charge in [0.05, 0.1) is 5.52 Å². The molecule has 1 aromatic heterocycles. The Labute approximate surface area is 83.5 Å². The lowest BCUT2D eigenvalue weighted by Gasteiger charge is -2.03. The van der Waals surface area contributed by atoms with E-state index in [2.05, 4.69) is 14.2 Å². The van der Waals surface area contributed by atoms with Crippen molar-refractivity contribution in [3.8, 4) is 0 Å². The number of hydrogen-bond acceptors (Lipinski definition) is 2. The molecule has 0 amide bonds. The zero-order valence-corrected chi connectivity index (χ0v) is 8.65. The Bertz CT molecular complexity index is 485. The smallest absolute Gasteiger partial charge is 0.132 e. The van der Waals surface area contributed by atoms with Gasteiger partial charge in [0.25, 0.3) is 0 Å². The molecule has 1 aromatic carbocycles. The van der Waals surface area contributed by atoms with E-state index >= 15 is 0 Å². The van der Waals surface area contributed by atoms with Crippen molar-refractivity contribution < 1.29 is 4.39 Å². The Kier molecular flexibility index (Phi) is 2.34. The second kappa shape index (κ2) is 3.50. The van der Waals surface area contributed by atoms with Gasteiger partial charge in [-0.2, -0.15) is 0 Å². The van der Waals surface area contributed by atoms with Crippen LogP contribution in [0.1, 0.15) is 5.56 Å². The molecule has 0 aliphatic heterocycles. The van der Waals surface area contributed by atoms with Crippen molar-refractivity contribution in [1.82, 2.24) is 4.98 Å². The fraction of sp³-hybridized carbons (Fsp3) is 0.100. The number of nitrogen functional groups attached to an aromatic ring is 1. The average Bonchev–Trinajstić information content (AvgIpc) is 2.16. The van der Waals surface area contributed by atoms with Crippen molar-refractivity contribution in [2.75, 3.05) is 5.73 Å². The normalized spacial score (nSPS) is 10.7. The molecule has 4 heteroatoms. The van der Waals surface area contributed by atoms with Crippen molar-refractivity contribution in [3.63, 3.8) is 0 Å².